The molecule has 0 unspecified atom stereocenters. The molecule has 1 aromatic heterocycles. The van der Waals surface area contributed by atoms with Crippen LogP contribution in [0.25, 0.3) is 0 Å². The highest BCUT2D eigenvalue weighted by Gasteiger charge is 2.41. The number of hydrogen-bond acceptors (Lipinski definition) is 6. The predicted molar refractivity (Wildman–Crippen MR) is 85.4 cm³/mol. The number of piperidine rings is 1. The summed E-state index contributed by atoms with van der Waals surface area (Å²) < 4.78 is 10.4. The van der Waals surface area contributed by atoms with E-state index in [0.29, 0.717) is 11.3 Å². The van der Waals surface area contributed by atoms with Gasteiger partial charge in [-0.1, -0.05) is 0 Å². The lowest BCUT2D eigenvalue weighted by Crippen LogP contribution is -2.45. The summed E-state index contributed by atoms with van der Waals surface area (Å²) >= 11 is 0. The molecule has 6 nitrogen and oxygen atoms in total. The van der Waals surface area contributed by atoms with Crippen LogP contribution in [-0.4, -0.2) is 68.4 Å². The van der Waals surface area contributed by atoms with Crippen LogP contribution in [0.3, 0.4) is 0 Å². The molecule has 0 aliphatic carbocycles. The van der Waals surface area contributed by atoms with E-state index in [1.54, 1.807) is 26.5 Å². The van der Waals surface area contributed by atoms with Crippen LogP contribution in [-0.2, 0) is 4.74 Å². The molecule has 122 valence electrons. The molecule has 2 aliphatic heterocycles. The molecule has 6 heteroatoms. The van der Waals surface area contributed by atoms with Crippen LogP contribution in [0.15, 0.2) is 12.3 Å². The number of rotatable bonds is 5. The number of anilines is 1. The van der Waals surface area contributed by atoms with Gasteiger partial charge in [0.2, 0.25) is 11.8 Å². The number of likely N-dealkylation sites (tertiary alicyclic amines) is 1. The van der Waals surface area contributed by atoms with Gasteiger partial charge in [0.15, 0.2) is 0 Å². The third-order valence-electron chi connectivity index (χ3n) is 4.90. The second-order valence-corrected chi connectivity index (χ2v) is 6.44. The molecule has 0 N–H and O–H groups in total. The Bertz CT molecular complexity index is 499. The first-order chi connectivity index (χ1) is 10.7. The van der Waals surface area contributed by atoms with Crippen molar-refractivity contribution in [1.29, 1.82) is 0 Å². The molecule has 2 aliphatic rings. The number of methoxy groups -OCH3 is 2. The SMILES string of the molecule is COCCN1CCC[C@]2(CCN(c3nccc(OC)n3)C2)C1. The monoisotopic (exact) mass is 306 g/mol. The summed E-state index contributed by atoms with van der Waals surface area (Å²) in [6, 6.07) is 1.79. The van der Waals surface area contributed by atoms with Gasteiger partial charge in [-0.05, 0) is 25.8 Å². The van der Waals surface area contributed by atoms with Crippen molar-refractivity contribution in [1.82, 2.24) is 14.9 Å². The zero-order chi connectivity index (χ0) is 15.4. The molecule has 0 amide bonds. The smallest absolute Gasteiger partial charge is 0.228 e. The van der Waals surface area contributed by atoms with E-state index in [2.05, 4.69) is 19.8 Å². The van der Waals surface area contributed by atoms with Crippen LogP contribution < -0.4 is 9.64 Å². The van der Waals surface area contributed by atoms with Crippen molar-refractivity contribution in [3.63, 3.8) is 0 Å². The quantitative estimate of drug-likeness (QED) is 0.820. The lowest BCUT2D eigenvalue weighted by Gasteiger charge is -2.40. The lowest BCUT2D eigenvalue weighted by molar-refractivity contribution is 0.0755. The van der Waals surface area contributed by atoms with Gasteiger partial charge in [0.1, 0.15) is 0 Å². The van der Waals surface area contributed by atoms with Crippen LogP contribution in [0.1, 0.15) is 19.3 Å². The molecule has 3 rings (SSSR count). The van der Waals surface area contributed by atoms with Crippen molar-refractivity contribution in [2.24, 2.45) is 5.41 Å². The summed E-state index contributed by atoms with van der Waals surface area (Å²) in [6.45, 7) is 6.29. The van der Waals surface area contributed by atoms with E-state index >= 15 is 0 Å². The first-order valence-electron chi connectivity index (χ1n) is 8.08. The molecule has 1 aromatic rings. The molecular formula is C16H26N4O2. The maximum atomic E-state index is 5.23. The minimum Gasteiger partial charge on any atom is -0.481 e. The summed E-state index contributed by atoms with van der Waals surface area (Å²) in [7, 11) is 3.42. The number of hydrogen-bond donors (Lipinski definition) is 0. The Labute approximate surface area is 132 Å². The summed E-state index contributed by atoms with van der Waals surface area (Å²) in [6.07, 6.45) is 5.57. The highest BCUT2D eigenvalue weighted by Crippen LogP contribution is 2.39. The van der Waals surface area contributed by atoms with Crippen LogP contribution in [0.4, 0.5) is 5.95 Å². The van der Waals surface area contributed by atoms with Gasteiger partial charge in [-0.3, -0.25) is 0 Å². The third-order valence-corrected chi connectivity index (χ3v) is 4.90. The highest BCUT2D eigenvalue weighted by molar-refractivity contribution is 5.34. The van der Waals surface area contributed by atoms with Gasteiger partial charge in [0.05, 0.1) is 13.7 Å². The lowest BCUT2D eigenvalue weighted by atomic mass is 9.79. The molecule has 2 fully saturated rings. The van der Waals surface area contributed by atoms with Crippen LogP contribution >= 0.6 is 0 Å². The van der Waals surface area contributed by atoms with E-state index in [4.69, 9.17) is 9.47 Å². The fourth-order valence-electron chi connectivity index (χ4n) is 3.76. The first-order valence-corrected chi connectivity index (χ1v) is 8.08. The van der Waals surface area contributed by atoms with E-state index in [9.17, 15) is 0 Å². The zero-order valence-corrected chi connectivity index (χ0v) is 13.6. The summed E-state index contributed by atoms with van der Waals surface area (Å²) in [5.74, 6) is 1.43. The maximum Gasteiger partial charge on any atom is 0.228 e. The summed E-state index contributed by atoms with van der Waals surface area (Å²) in [5.41, 5.74) is 0.387. The van der Waals surface area contributed by atoms with E-state index in [0.717, 1.165) is 38.7 Å². The molecule has 1 atom stereocenters. The Balaban J connectivity index is 1.65. The van der Waals surface area contributed by atoms with Crippen LogP contribution in [0.5, 0.6) is 5.88 Å². The fraction of sp³-hybridized carbons (Fsp3) is 0.750. The standard InChI is InChI=1S/C16H26N4O2/c1-21-11-10-19-8-3-5-16(12-19)6-9-20(13-16)15-17-7-4-14(18-15)22-2/h4,7H,3,5-6,8-13H2,1-2H3/t16-/m0/s1. The summed E-state index contributed by atoms with van der Waals surface area (Å²) in [4.78, 5) is 13.7. The number of aromatic nitrogens is 2. The van der Waals surface area contributed by atoms with Gasteiger partial charge in [0, 0.05) is 51.0 Å². The Morgan fingerprint density at radius 2 is 2.14 bits per heavy atom. The van der Waals surface area contributed by atoms with Crippen molar-refractivity contribution in [2.45, 2.75) is 19.3 Å². The molecule has 2 saturated heterocycles. The second kappa shape index (κ2) is 6.79. The predicted octanol–water partition coefficient (Wildman–Crippen LogP) is 1.42. The van der Waals surface area contributed by atoms with Gasteiger partial charge in [-0.2, -0.15) is 4.98 Å². The molecule has 3 heterocycles. The van der Waals surface area contributed by atoms with Gasteiger partial charge in [-0.25, -0.2) is 4.98 Å². The summed E-state index contributed by atoms with van der Waals surface area (Å²) in [5, 5.41) is 0. The van der Waals surface area contributed by atoms with Gasteiger partial charge >= 0.3 is 0 Å². The molecule has 0 saturated carbocycles. The van der Waals surface area contributed by atoms with E-state index in [-0.39, 0.29) is 0 Å². The van der Waals surface area contributed by atoms with Crippen molar-refractivity contribution < 1.29 is 9.47 Å². The largest absolute Gasteiger partial charge is 0.481 e. The number of nitrogens with zero attached hydrogens (tertiary/aromatic N) is 4. The van der Waals surface area contributed by atoms with Crippen molar-refractivity contribution in [3.05, 3.63) is 12.3 Å². The normalized spacial score (nSPS) is 25.8. The molecular weight excluding hydrogens is 280 g/mol. The van der Waals surface area contributed by atoms with Crippen molar-refractivity contribution >= 4 is 5.95 Å². The van der Waals surface area contributed by atoms with E-state index in [1.807, 2.05) is 0 Å². The van der Waals surface area contributed by atoms with Gasteiger partial charge in [-0.15, -0.1) is 0 Å². The van der Waals surface area contributed by atoms with E-state index in [1.165, 1.54) is 25.8 Å². The molecule has 1 spiro atoms. The minimum atomic E-state index is 0.387. The Hall–Kier alpha value is -1.40. The molecule has 22 heavy (non-hydrogen) atoms. The molecule has 0 bridgehead atoms. The molecule has 0 aromatic carbocycles. The third kappa shape index (κ3) is 3.33. The van der Waals surface area contributed by atoms with Gasteiger partial charge < -0.3 is 19.3 Å². The van der Waals surface area contributed by atoms with Crippen molar-refractivity contribution in [3.8, 4) is 5.88 Å². The first kappa shape index (κ1) is 15.5. The topological polar surface area (TPSA) is 50.7 Å². The highest BCUT2D eigenvalue weighted by atomic mass is 16.5. The maximum absolute atomic E-state index is 5.23. The Morgan fingerprint density at radius 3 is 2.95 bits per heavy atom. The fourth-order valence-corrected chi connectivity index (χ4v) is 3.76. The average Bonchev–Trinajstić information content (AvgIpc) is 2.96. The number of ether oxygens (including phenoxy) is 2. The Morgan fingerprint density at radius 1 is 1.23 bits per heavy atom. The average molecular weight is 306 g/mol. The van der Waals surface area contributed by atoms with Gasteiger partial charge in [0.25, 0.3) is 0 Å². The van der Waals surface area contributed by atoms with E-state index < -0.39 is 0 Å². The Kier molecular flexibility index (Phi) is 4.78. The second-order valence-electron chi connectivity index (χ2n) is 6.44. The van der Waals surface area contributed by atoms with Crippen LogP contribution in [0.2, 0.25) is 0 Å². The molecule has 0 radical (unpaired) electrons. The van der Waals surface area contributed by atoms with Crippen molar-refractivity contribution in [2.75, 3.05) is 58.5 Å². The minimum absolute atomic E-state index is 0.387. The van der Waals surface area contributed by atoms with Crippen LogP contribution in [0, 0.1) is 5.41 Å². The zero-order valence-electron chi connectivity index (χ0n) is 13.6.